The number of benzene rings is 2. The van der Waals surface area contributed by atoms with Crippen molar-refractivity contribution in [1.29, 1.82) is 0 Å². The van der Waals surface area contributed by atoms with Gasteiger partial charge in [0.25, 0.3) is 0 Å². The van der Waals surface area contributed by atoms with Crippen LogP contribution in [-0.4, -0.2) is 88.4 Å². The van der Waals surface area contributed by atoms with E-state index < -0.39 is 40.1 Å². The van der Waals surface area contributed by atoms with Gasteiger partial charge in [-0.25, -0.2) is 14.6 Å². The fourth-order valence-electron chi connectivity index (χ4n) is 11.1. The number of fused-ring (bicyclic) bond motifs is 2. The molecule has 0 saturated carbocycles. The molecule has 1 fully saturated rings. The number of nitrogens with one attached hydrogen (secondary N) is 1. The molecule has 0 aliphatic carbocycles. The largest absolute Gasteiger partial charge is 0.416 e. The second-order valence-corrected chi connectivity index (χ2v) is 36.0. The minimum Gasteiger partial charge on any atom is -0.411 e. The van der Waals surface area contributed by atoms with Crippen molar-refractivity contribution in [2.75, 3.05) is 33.0 Å². The lowest BCUT2D eigenvalue weighted by molar-refractivity contribution is -0.138. The molecule has 13 nitrogen and oxygen atoms in total. The van der Waals surface area contributed by atoms with Crippen molar-refractivity contribution in [3.8, 4) is 22.5 Å². The van der Waals surface area contributed by atoms with Crippen LogP contribution in [0.25, 0.3) is 45.0 Å². The van der Waals surface area contributed by atoms with Gasteiger partial charge in [0, 0.05) is 55.4 Å². The zero-order chi connectivity index (χ0) is 63.1. The maximum atomic E-state index is 14.0. The van der Waals surface area contributed by atoms with Crippen molar-refractivity contribution in [2.45, 2.75) is 168 Å². The summed E-state index contributed by atoms with van der Waals surface area (Å²) in [7, 11) is -4.32. The van der Waals surface area contributed by atoms with Crippen LogP contribution in [0.3, 0.4) is 0 Å². The molecule has 6 aromatic heterocycles. The van der Waals surface area contributed by atoms with Crippen molar-refractivity contribution in [1.82, 2.24) is 38.7 Å². The van der Waals surface area contributed by atoms with Crippen molar-refractivity contribution >= 4 is 39.1 Å². The maximum absolute atomic E-state index is 14.0. The van der Waals surface area contributed by atoms with Gasteiger partial charge in [-0.1, -0.05) is 78.0 Å². The molecular formula is C67H82F6N8O5Si2. The smallest absolute Gasteiger partial charge is 0.411 e. The number of H-pyrrole nitrogens is 1. The highest BCUT2D eigenvalue weighted by atomic mass is 28.4. The van der Waals surface area contributed by atoms with Crippen LogP contribution in [0.4, 0.5) is 26.3 Å². The number of ether oxygens (including phenoxy) is 3. The van der Waals surface area contributed by atoms with E-state index in [0.29, 0.717) is 55.5 Å². The van der Waals surface area contributed by atoms with Gasteiger partial charge in [0.1, 0.15) is 11.3 Å². The quantitative estimate of drug-likeness (QED) is 0.0788. The summed E-state index contributed by atoms with van der Waals surface area (Å²) in [4.78, 5) is 10.3. The Hall–Kier alpha value is -6.47. The summed E-state index contributed by atoms with van der Waals surface area (Å²) < 4.78 is 120. The molecule has 1 atom stereocenters. The van der Waals surface area contributed by atoms with Gasteiger partial charge >= 0.3 is 12.4 Å². The Morgan fingerprint density at radius 2 is 1.12 bits per heavy atom. The van der Waals surface area contributed by atoms with Crippen molar-refractivity contribution in [3.05, 3.63) is 165 Å². The van der Waals surface area contributed by atoms with E-state index in [2.05, 4.69) is 113 Å². The molecule has 2 aromatic carbocycles. The first kappa shape index (κ1) is 64.5. The fourth-order valence-corrected chi connectivity index (χ4v) is 13.0. The Balaban J connectivity index is 0.000000196. The van der Waals surface area contributed by atoms with E-state index >= 15 is 0 Å². The van der Waals surface area contributed by atoms with E-state index in [0.717, 1.165) is 112 Å². The van der Waals surface area contributed by atoms with E-state index in [4.69, 9.17) is 38.1 Å². The van der Waals surface area contributed by atoms with E-state index in [1.165, 1.54) is 12.1 Å². The van der Waals surface area contributed by atoms with Gasteiger partial charge in [0.05, 0.1) is 84.9 Å². The topological polar surface area (TPSA) is 127 Å². The minimum absolute atomic E-state index is 0.00622. The van der Waals surface area contributed by atoms with Crippen molar-refractivity contribution in [3.63, 3.8) is 0 Å². The molecule has 0 radical (unpaired) electrons. The van der Waals surface area contributed by atoms with Gasteiger partial charge in [-0.05, 0) is 163 Å². The predicted octanol–water partition coefficient (Wildman–Crippen LogP) is 17.1. The molecule has 3 aliphatic heterocycles. The normalized spacial score (nSPS) is 16.7. The molecule has 21 heteroatoms. The molecule has 3 aliphatic rings. The van der Waals surface area contributed by atoms with Crippen LogP contribution in [0.5, 0.6) is 0 Å². The summed E-state index contributed by atoms with van der Waals surface area (Å²) in [5.74, 6) is 0. The SMILES string of the molecule is Cc1c(Cc2c(CO[Si](C)(C)C(C)(C)C)nc3c(-c4ccn[nH]4)cc(C4=CCOCC4)cn23)cccc1C(F)(F)F.Cc1c(Cc2c(CO[Si](C)(C)C(C)(C)C)nc3c(-c4ccnn4C4CCCCO4)cc(C4=CCOCC4)cn23)cccc1C(F)(F)F. The first-order valence-electron chi connectivity index (χ1n) is 30.4. The highest BCUT2D eigenvalue weighted by Gasteiger charge is 2.40. The summed E-state index contributed by atoms with van der Waals surface area (Å²) in [6, 6.07) is 17.0. The Labute approximate surface area is 513 Å². The van der Waals surface area contributed by atoms with Gasteiger partial charge in [-0.15, -0.1) is 0 Å². The molecule has 88 heavy (non-hydrogen) atoms. The fraction of sp³-hybridized carbons (Fsp3) is 0.463. The number of hydrogen-bond donors (Lipinski definition) is 1. The molecule has 11 rings (SSSR count). The predicted molar refractivity (Wildman–Crippen MR) is 337 cm³/mol. The average Bonchev–Trinajstić information content (AvgIpc) is 1.84. The lowest BCUT2D eigenvalue weighted by Gasteiger charge is -2.36. The Morgan fingerprint density at radius 1 is 0.625 bits per heavy atom. The first-order valence-corrected chi connectivity index (χ1v) is 36.2. The summed E-state index contributed by atoms with van der Waals surface area (Å²) >= 11 is 0. The van der Waals surface area contributed by atoms with Gasteiger partial charge in [-0.2, -0.15) is 36.5 Å². The number of nitrogens with zero attached hydrogens (tertiary/aromatic N) is 7. The monoisotopic (exact) mass is 1250 g/mol. The van der Waals surface area contributed by atoms with Crippen LogP contribution < -0.4 is 0 Å². The molecule has 9 heterocycles. The second-order valence-electron chi connectivity index (χ2n) is 26.4. The van der Waals surface area contributed by atoms with Crippen LogP contribution in [0.1, 0.15) is 147 Å². The molecule has 1 saturated heterocycles. The molecule has 0 bridgehead atoms. The zero-order valence-electron chi connectivity index (χ0n) is 52.7. The van der Waals surface area contributed by atoms with E-state index in [9.17, 15) is 26.3 Å². The number of pyridine rings is 2. The third-order valence-corrected chi connectivity index (χ3v) is 27.6. The molecule has 0 spiro atoms. The molecular weight excluding hydrogens is 1170 g/mol. The lowest BCUT2D eigenvalue weighted by Crippen LogP contribution is -2.40. The van der Waals surface area contributed by atoms with Crippen molar-refractivity contribution in [2.24, 2.45) is 0 Å². The summed E-state index contributed by atoms with van der Waals surface area (Å²) in [6.45, 7) is 28.5. The van der Waals surface area contributed by atoms with Crippen LogP contribution in [-0.2, 0) is 61.5 Å². The number of imidazole rings is 2. The Bertz CT molecular complexity index is 3860. The summed E-state index contributed by atoms with van der Waals surface area (Å²) in [5.41, 5.74) is 12.8. The van der Waals surface area contributed by atoms with Gasteiger partial charge in [0.15, 0.2) is 22.9 Å². The zero-order valence-corrected chi connectivity index (χ0v) is 54.7. The lowest BCUT2D eigenvalue weighted by atomic mass is 9.97. The molecule has 1 unspecified atom stereocenters. The third kappa shape index (κ3) is 13.8. The number of alkyl halides is 6. The van der Waals surface area contributed by atoms with E-state index in [1.54, 1.807) is 38.4 Å². The molecule has 470 valence electrons. The molecule has 1 N–H and O–H groups in total. The number of halogens is 6. The third-order valence-electron chi connectivity index (χ3n) is 18.6. The first-order chi connectivity index (χ1) is 41.5. The van der Waals surface area contributed by atoms with Gasteiger partial charge in [0.2, 0.25) is 0 Å². The van der Waals surface area contributed by atoms with Crippen LogP contribution in [0.2, 0.25) is 36.3 Å². The van der Waals surface area contributed by atoms with Crippen LogP contribution in [0.15, 0.2) is 97.6 Å². The number of aromatic nitrogens is 8. The van der Waals surface area contributed by atoms with E-state index in [1.807, 2.05) is 27.4 Å². The minimum atomic E-state index is -4.44. The number of aromatic amines is 1. The summed E-state index contributed by atoms with van der Waals surface area (Å²) in [6.07, 6.45) is 7.79. The van der Waals surface area contributed by atoms with Crippen LogP contribution >= 0.6 is 0 Å². The Morgan fingerprint density at radius 3 is 1.56 bits per heavy atom. The number of rotatable bonds is 15. The van der Waals surface area contributed by atoms with Gasteiger partial charge < -0.3 is 31.9 Å². The Kier molecular flexibility index (Phi) is 18.6. The number of hydrogen-bond acceptors (Lipinski definition) is 9. The second kappa shape index (κ2) is 25.4. The molecule has 8 aromatic rings. The van der Waals surface area contributed by atoms with Crippen LogP contribution in [0, 0.1) is 13.8 Å². The van der Waals surface area contributed by atoms with Gasteiger partial charge in [-0.3, -0.25) is 5.10 Å². The molecule has 0 amide bonds. The standard InChI is InChI=1S/C36H45F3N4O3Si.C31H37F3N4O2Si/c1-24-26(10-9-11-29(24)36(37,38)39)21-32-30(23-46-47(5,6)35(2,3)4)41-34-28(20-27(22-42(32)34)25-14-18-44-19-15-25)31-13-16-40-43(31)33-12-7-8-17-45-33;1-20-22(8-7-9-25(20)31(32,33)34)17-28-27(19-40-41(5,6)30(2,3)4)36-29-24(26-10-13-35-37-26)16-23(18-38(28)29)21-11-14-39-15-12-21/h9-11,13-14,16,20,22,33H,7-8,12,15,17-19,21,23H2,1-6H3;7-11,13,16,18H,12,14-15,17,19H2,1-6H3,(H,35,37). The van der Waals surface area contributed by atoms with Crippen molar-refractivity contribution < 1.29 is 49.4 Å². The average molecular weight is 1250 g/mol. The summed E-state index contributed by atoms with van der Waals surface area (Å²) in [5, 5.41) is 11.9. The van der Waals surface area contributed by atoms with E-state index in [-0.39, 0.29) is 53.5 Å². The highest BCUT2D eigenvalue weighted by molar-refractivity contribution is 6.74. The maximum Gasteiger partial charge on any atom is 0.416 e. The highest BCUT2D eigenvalue weighted by Crippen LogP contribution is 2.42.